The minimum Gasteiger partial charge on any atom is -0.328 e. The molecular weight excluding hydrogens is 409 g/mol. The maximum Gasteiger partial charge on any atom is 0.312 e. The summed E-state index contributed by atoms with van der Waals surface area (Å²) in [5, 5.41) is 3.30. The molecule has 1 fully saturated rings. The Morgan fingerprint density at radius 2 is 1.83 bits per heavy atom. The van der Waals surface area contributed by atoms with Gasteiger partial charge in [-0.15, -0.1) is 0 Å². The first-order chi connectivity index (χ1) is 14.3. The highest BCUT2D eigenvalue weighted by molar-refractivity contribution is 6.36. The lowest BCUT2D eigenvalue weighted by molar-refractivity contribution is -0.159. The third-order valence-corrected chi connectivity index (χ3v) is 5.39. The normalized spacial score (nSPS) is 15.3. The molecule has 1 atom stereocenters. The summed E-state index contributed by atoms with van der Waals surface area (Å²) in [6, 6.07) is 10.2. The van der Waals surface area contributed by atoms with E-state index < -0.39 is 17.9 Å². The van der Waals surface area contributed by atoms with E-state index in [1.54, 1.807) is 37.3 Å². The fraction of sp³-hybridized carbons (Fsp3) is 0.318. The first-order valence-corrected chi connectivity index (χ1v) is 10.1. The molecule has 0 unspecified atom stereocenters. The van der Waals surface area contributed by atoms with Crippen molar-refractivity contribution in [1.82, 2.24) is 9.80 Å². The second-order valence-electron chi connectivity index (χ2n) is 7.22. The van der Waals surface area contributed by atoms with E-state index in [4.69, 9.17) is 11.6 Å². The molecule has 1 aliphatic rings. The number of anilines is 1. The molecule has 1 N–H and O–H groups in total. The molecule has 1 heterocycles. The van der Waals surface area contributed by atoms with Crippen LogP contribution in [0, 0.1) is 12.7 Å². The Hall–Kier alpha value is -2.93. The molecule has 3 rings (SSSR count). The second-order valence-corrected chi connectivity index (χ2v) is 7.66. The number of nitrogens with one attached hydrogen (secondary N) is 1. The Morgan fingerprint density at radius 1 is 1.13 bits per heavy atom. The number of amides is 3. The van der Waals surface area contributed by atoms with Gasteiger partial charge in [0.15, 0.2) is 0 Å². The average Bonchev–Trinajstić information content (AvgIpc) is 2.72. The van der Waals surface area contributed by atoms with E-state index in [2.05, 4.69) is 5.32 Å². The number of rotatable bonds is 6. The highest BCUT2D eigenvalue weighted by Crippen LogP contribution is 2.22. The van der Waals surface area contributed by atoms with Crippen molar-refractivity contribution in [2.45, 2.75) is 32.9 Å². The molecule has 2 aromatic carbocycles. The van der Waals surface area contributed by atoms with E-state index in [0.717, 1.165) is 11.1 Å². The SMILES string of the molecule is CC[C@H](C(=O)Nc1cc(Cl)ccc1C)N1CCN(Cc2ccc(F)cc2)C(=O)C1=O. The second kappa shape index (κ2) is 9.26. The number of hydrogen-bond acceptors (Lipinski definition) is 3. The largest absolute Gasteiger partial charge is 0.328 e. The van der Waals surface area contributed by atoms with Crippen LogP contribution < -0.4 is 5.32 Å². The summed E-state index contributed by atoms with van der Waals surface area (Å²) in [5.74, 6) is -2.11. The van der Waals surface area contributed by atoms with Crippen LogP contribution in [0.1, 0.15) is 24.5 Å². The highest BCUT2D eigenvalue weighted by Gasteiger charge is 2.38. The number of hydrogen-bond donors (Lipinski definition) is 1. The molecule has 2 aromatic rings. The van der Waals surface area contributed by atoms with Crippen molar-refractivity contribution in [3.63, 3.8) is 0 Å². The lowest BCUT2D eigenvalue weighted by Gasteiger charge is -2.37. The van der Waals surface area contributed by atoms with Crippen LogP contribution in [0.3, 0.4) is 0 Å². The van der Waals surface area contributed by atoms with Crippen LogP contribution in [0.4, 0.5) is 10.1 Å². The topological polar surface area (TPSA) is 69.7 Å². The van der Waals surface area contributed by atoms with Gasteiger partial charge in [0.25, 0.3) is 0 Å². The van der Waals surface area contributed by atoms with Gasteiger partial charge in [-0.1, -0.05) is 36.7 Å². The monoisotopic (exact) mass is 431 g/mol. The summed E-state index contributed by atoms with van der Waals surface area (Å²) in [7, 11) is 0. The van der Waals surface area contributed by atoms with Crippen LogP contribution in [0.2, 0.25) is 5.02 Å². The number of carbonyl (C=O) groups excluding carboxylic acids is 3. The first-order valence-electron chi connectivity index (χ1n) is 9.71. The van der Waals surface area contributed by atoms with Gasteiger partial charge in [0.2, 0.25) is 5.91 Å². The van der Waals surface area contributed by atoms with Crippen LogP contribution in [0.25, 0.3) is 0 Å². The maximum absolute atomic E-state index is 13.1. The van der Waals surface area contributed by atoms with Crippen molar-refractivity contribution in [1.29, 1.82) is 0 Å². The summed E-state index contributed by atoms with van der Waals surface area (Å²) in [6.45, 7) is 4.38. The van der Waals surface area contributed by atoms with Crippen molar-refractivity contribution < 1.29 is 18.8 Å². The van der Waals surface area contributed by atoms with E-state index >= 15 is 0 Å². The molecule has 0 bridgehead atoms. The van der Waals surface area contributed by atoms with E-state index in [9.17, 15) is 18.8 Å². The number of carbonyl (C=O) groups is 3. The summed E-state index contributed by atoms with van der Waals surface area (Å²) >= 11 is 6.01. The Labute approximate surface area is 179 Å². The summed E-state index contributed by atoms with van der Waals surface area (Å²) in [6.07, 6.45) is 0.364. The summed E-state index contributed by atoms with van der Waals surface area (Å²) < 4.78 is 13.1. The van der Waals surface area contributed by atoms with Gasteiger partial charge in [-0.25, -0.2) is 4.39 Å². The molecule has 0 aromatic heterocycles. The van der Waals surface area contributed by atoms with Crippen LogP contribution in [-0.4, -0.2) is 46.7 Å². The Morgan fingerprint density at radius 3 is 2.50 bits per heavy atom. The quantitative estimate of drug-likeness (QED) is 0.713. The molecule has 6 nitrogen and oxygen atoms in total. The lowest BCUT2D eigenvalue weighted by atomic mass is 10.1. The number of halogens is 2. The fourth-order valence-corrected chi connectivity index (χ4v) is 3.61. The van der Waals surface area contributed by atoms with Crippen molar-refractivity contribution in [2.75, 3.05) is 18.4 Å². The molecule has 0 aliphatic carbocycles. The van der Waals surface area contributed by atoms with Gasteiger partial charge in [0.05, 0.1) is 0 Å². The lowest BCUT2D eigenvalue weighted by Crippen LogP contribution is -2.59. The van der Waals surface area contributed by atoms with Crippen LogP contribution >= 0.6 is 11.6 Å². The summed E-state index contributed by atoms with van der Waals surface area (Å²) in [4.78, 5) is 40.9. The molecular formula is C22H23ClFN3O3. The maximum atomic E-state index is 13.1. The molecule has 8 heteroatoms. The number of benzene rings is 2. The van der Waals surface area contributed by atoms with Crippen molar-refractivity contribution >= 4 is 35.0 Å². The van der Waals surface area contributed by atoms with Gasteiger partial charge in [-0.05, 0) is 48.7 Å². The Balaban J connectivity index is 1.69. The molecule has 0 radical (unpaired) electrons. The molecule has 30 heavy (non-hydrogen) atoms. The van der Waals surface area contributed by atoms with Gasteiger partial charge < -0.3 is 15.1 Å². The zero-order chi connectivity index (χ0) is 21.8. The van der Waals surface area contributed by atoms with Gasteiger partial charge >= 0.3 is 11.8 Å². The van der Waals surface area contributed by atoms with Crippen molar-refractivity contribution in [2.24, 2.45) is 0 Å². The number of nitrogens with zero attached hydrogens (tertiary/aromatic N) is 2. The molecule has 1 saturated heterocycles. The van der Waals surface area contributed by atoms with Gasteiger partial charge in [0.1, 0.15) is 11.9 Å². The van der Waals surface area contributed by atoms with Crippen molar-refractivity contribution in [3.8, 4) is 0 Å². The molecule has 0 spiro atoms. The smallest absolute Gasteiger partial charge is 0.312 e. The zero-order valence-corrected chi connectivity index (χ0v) is 17.6. The van der Waals surface area contributed by atoms with Gasteiger partial charge in [-0.2, -0.15) is 0 Å². The number of aryl methyl sites for hydroxylation is 1. The minimum absolute atomic E-state index is 0.212. The predicted octanol–water partition coefficient (Wildman–Crippen LogP) is 3.38. The fourth-order valence-electron chi connectivity index (χ4n) is 3.44. The predicted molar refractivity (Wildman–Crippen MR) is 112 cm³/mol. The van der Waals surface area contributed by atoms with Crippen LogP contribution in [-0.2, 0) is 20.9 Å². The van der Waals surface area contributed by atoms with E-state index in [1.807, 2.05) is 6.92 Å². The van der Waals surface area contributed by atoms with E-state index in [1.165, 1.54) is 21.9 Å². The molecule has 3 amide bonds. The molecule has 0 saturated carbocycles. The van der Waals surface area contributed by atoms with Gasteiger partial charge in [0, 0.05) is 30.3 Å². The third-order valence-electron chi connectivity index (χ3n) is 5.15. The highest BCUT2D eigenvalue weighted by atomic mass is 35.5. The molecule has 158 valence electrons. The zero-order valence-electron chi connectivity index (χ0n) is 16.8. The summed E-state index contributed by atoms with van der Waals surface area (Å²) in [5.41, 5.74) is 2.14. The number of piperazine rings is 1. The van der Waals surface area contributed by atoms with Crippen molar-refractivity contribution in [3.05, 3.63) is 64.4 Å². The standard InChI is InChI=1S/C22H23ClFN3O3/c1-3-19(20(28)25-18-12-16(23)7-4-14(18)2)27-11-10-26(21(29)22(27)30)13-15-5-8-17(24)9-6-15/h4-9,12,19H,3,10-11,13H2,1-2H3,(H,25,28)/t19-/m1/s1. The first kappa shape index (κ1) is 21.8. The Bertz CT molecular complexity index is 965. The Kier molecular flexibility index (Phi) is 6.72. The van der Waals surface area contributed by atoms with E-state index in [0.29, 0.717) is 23.7 Å². The average molecular weight is 432 g/mol. The van der Waals surface area contributed by atoms with E-state index in [-0.39, 0.29) is 24.8 Å². The minimum atomic E-state index is -0.771. The molecule has 1 aliphatic heterocycles. The van der Waals surface area contributed by atoms with Crippen LogP contribution in [0.15, 0.2) is 42.5 Å². The van der Waals surface area contributed by atoms with Gasteiger partial charge in [-0.3, -0.25) is 14.4 Å². The van der Waals surface area contributed by atoms with Crippen LogP contribution in [0.5, 0.6) is 0 Å². The third kappa shape index (κ3) is 4.79.